The van der Waals surface area contributed by atoms with Gasteiger partial charge in [-0.15, -0.1) is 0 Å². The molecule has 126 valence electrons. The number of hydrogen-bond acceptors (Lipinski definition) is 6. The van der Waals surface area contributed by atoms with Gasteiger partial charge in [0, 0.05) is 30.2 Å². The van der Waals surface area contributed by atoms with Gasteiger partial charge in [-0.2, -0.15) is 0 Å². The summed E-state index contributed by atoms with van der Waals surface area (Å²) in [6.07, 6.45) is 3.25. The third kappa shape index (κ3) is 3.87. The molecule has 6 nitrogen and oxygen atoms in total. The first-order valence-corrected chi connectivity index (χ1v) is 7.78. The molecule has 0 aromatic heterocycles. The molecule has 0 spiro atoms. The predicted molar refractivity (Wildman–Crippen MR) is 103 cm³/mol. The van der Waals surface area contributed by atoms with Crippen molar-refractivity contribution in [3.8, 4) is 0 Å². The maximum atomic E-state index is 12.3. The number of nitrogens with zero attached hydrogens (tertiary/aromatic N) is 1. The molecular formula is C19H19N5O. The van der Waals surface area contributed by atoms with E-state index in [0.29, 0.717) is 28.5 Å². The van der Waals surface area contributed by atoms with Crippen LogP contribution in [-0.2, 0) is 4.79 Å². The van der Waals surface area contributed by atoms with Crippen molar-refractivity contribution in [2.45, 2.75) is 0 Å². The minimum atomic E-state index is -0.127. The van der Waals surface area contributed by atoms with Crippen LogP contribution in [0.4, 0.5) is 22.7 Å². The Bertz CT molecular complexity index is 877. The summed E-state index contributed by atoms with van der Waals surface area (Å²) in [7, 11) is 1.75. The second kappa shape index (κ2) is 6.92. The summed E-state index contributed by atoms with van der Waals surface area (Å²) in [5.74, 6) is -0.127. The standard InChI is InChI=1S/C19H19N5O/c1-22-16-11-19(25)18(24-15-8-4-13(21)5-9-15)10-17(16)23-14-6-2-12(20)3-7-14/h2-11,22,24H,20-21H2,1H3/b23-17-. The molecule has 0 bridgehead atoms. The van der Waals surface area contributed by atoms with Gasteiger partial charge in [-0.25, -0.2) is 4.99 Å². The number of carbonyl (C=O) groups excluding carboxylic acids is 1. The number of hydrogen-bond donors (Lipinski definition) is 4. The number of nitrogens with one attached hydrogen (secondary N) is 2. The average molecular weight is 333 g/mol. The molecule has 0 saturated heterocycles. The van der Waals surface area contributed by atoms with Crippen molar-refractivity contribution >= 4 is 34.2 Å². The molecule has 6 N–H and O–H groups in total. The molecule has 0 atom stereocenters. The van der Waals surface area contributed by atoms with Crippen LogP contribution in [0.25, 0.3) is 0 Å². The van der Waals surface area contributed by atoms with Gasteiger partial charge >= 0.3 is 0 Å². The highest BCUT2D eigenvalue weighted by Crippen LogP contribution is 2.20. The van der Waals surface area contributed by atoms with Crippen LogP contribution >= 0.6 is 0 Å². The lowest BCUT2D eigenvalue weighted by Gasteiger charge is -2.16. The van der Waals surface area contributed by atoms with E-state index >= 15 is 0 Å². The SMILES string of the molecule is CNC1=CC(=O)C(Nc2ccc(N)cc2)=C/C1=N/c1ccc(N)cc1. The van der Waals surface area contributed by atoms with Crippen LogP contribution in [0, 0.1) is 0 Å². The molecule has 1 aliphatic rings. The fraction of sp³-hybridized carbons (Fsp3) is 0.0526. The van der Waals surface area contributed by atoms with Gasteiger partial charge < -0.3 is 22.1 Å². The normalized spacial score (nSPS) is 15.6. The highest BCUT2D eigenvalue weighted by molar-refractivity contribution is 6.23. The lowest BCUT2D eigenvalue weighted by molar-refractivity contribution is -0.111. The van der Waals surface area contributed by atoms with Gasteiger partial charge in [0.05, 0.1) is 22.8 Å². The monoisotopic (exact) mass is 333 g/mol. The highest BCUT2D eigenvalue weighted by Gasteiger charge is 2.18. The Morgan fingerprint density at radius 3 is 2.04 bits per heavy atom. The Balaban J connectivity index is 1.92. The molecule has 6 heteroatoms. The Morgan fingerprint density at radius 1 is 0.840 bits per heavy atom. The quantitative estimate of drug-likeness (QED) is 0.508. The van der Waals surface area contributed by atoms with Crippen LogP contribution in [-0.4, -0.2) is 18.5 Å². The van der Waals surface area contributed by atoms with Crippen molar-refractivity contribution in [3.63, 3.8) is 0 Å². The van der Waals surface area contributed by atoms with Gasteiger partial charge in [0.1, 0.15) is 0 Å². The smallest absolute Gasteiger partial charge is 0.204 e. The Hall–Kier alpha value is -3.54. The van der Waals surface area contributed by atoms with Gasteiger partial charge in [0.25, 0.3) is 0 Å². The van der Waals surface area contributed by atoms with E-state index in [-0.39, 0.29) is 5.78 Å². The lowest BCUT2D eigenvalue weighted by Crippen LogP contribution is -2.24. The molecule has 2 aromatic carbocycles. The number of rotatable bonds is 4. The van der Waals surface area contributed by atoms with E-state index < -0.39 is 0 Å². The Labute approximate surface area is 145 Å². The van der Waals surface area contributed by atoms with E-state index in [9.17, 15) is 4.79 Å². The van der Waals surface area contributed by atoms with E-state index in [1.54, 1.807) is 37.4 Å². The van der Waals surface area contributed by atoms with Crippen LogP contribution in [0.1, 0.15) is 0 Å². The molecule has 3 rings (SSSR count). The molecule has 0 amide bonds. The Morgan fingerprint density at radius 2 is 1.44 bits per heavy atom. The summed E-state index contributed by atoms with van der Waals surface area (Å²) in [5, 5.41) is 6.11. The van der Waals surface area contributed by atoms with Gasteiger partial charge in [0.2, 0.25) is 5.78 Å². The molecule has 1 aliphatic carbocycles. The molecule has 25 heavy (non-hydrogen) atoms. The van der Waals surface area contributed by atoms with Crippen molar-refractivity contribution < 1.29 is 4.79 Å². The van der Waals surface area contributed by atoms with Crippen LogP contribution in [0.15, 0.2) is 77.1 Å². The molecule has 0 radical (unpaired) electrons. The van der Waals surface area contributed by atoms with Crippen LogP contribution in [0.5, 0.6) is 0 Å². The van der Waals surface area contributed by atoms with Gasteiger partial charge in [0.15, 0.2) is 0 Å². The number of allylic oxidation sites excluding steroid dienone is 2. The second-order valence-corrected chi connectivity index (χ2v) is 5.57. The van der Waals surface area contributed by atoms with E-state index in [1.807, 2.05) is 24.3 Å². The van der Waals surface area contributed by atoms with Crippen molar-refractivity contribution in [1.82, 2.24) is 5.32 Å². The fourth-order valence-corrected chi connectivity index (χ4v) is 2.37. The van der Waals surface area contributed by atoms with E-state index in [1.165, 1.54) is 6.08 Å². The third-order valence-electron chi connectivity index (χ3n) is 3.70. The van der Waals surface area contributed by atoms with Gasteiger partial charge in [-0.05, 0) is 54.6 Å². The number of benzene rings is 2. The predicted octanol–water partition coefficient (Wildman–Crippen LogP) is 2.61. The maximum Gasteiger partial charge on any atom is 0.204 e. The zero-order valence-corrected chi connectivity index (χ0v) is 13.8. The number of ketones is 1. The summed E-state index contributed by atoms with van der Waals surface area (Å²) >= 11 is 0. The number of carbonyl (C=O) groups is 1. The van der Waals surface area contributed by atoms with E-state index in [2.05, 4.69) is 15.6 Å². The number of nitrogen functional groups attached to an aromatic ring is 2. The zero-order valence-electron chi connectivity index (χ0n) is 13.8. The lowest BCUT2D eigenvalue weighted by atomic mass is 10.0. The van der Waals surface area contributed by atoms with Crippen molar-refractivity contribution in [1.29, 1.82) is 0 Å². The Kier molecular flexibility index (Phi) is 4.52. The topological polar surface area (TPSA) is 106 Å². The number of nitrogens with two attached hydrogens (primary N) is 2. The first-order valence-electron chi connectivity index (χ1n) is 7.78. The van der Waals surface area contributed by atoms with Crippen molar-refractivity contribution in [2.24, 2.45) is 4.99 Å². The van der Waals surface area contributed by atoms with Gasteiger partial charge in [-0.3, -0.25) is 4.79 Å². The fourth-order valence-electron chi connectivity index (χ4n) is 2.37. The van der Waals surface area contributed by atoms with Crippen molar-refractivity contribution in [3.05, 3.63) is 72.1 Å². The first kappa shape index (κ1) is 16.3. The number of aliphatic imine (C=N–C) groups is 1. The minimum Gasteiger partial charge on any atom is -0.399 e. The summed E-state index contributed by atoms with van der Waals surface area (Å²) < 4.78 is 0. The first-order chi connectivity index (χ1) is 12.0. The maximum absolute atomic E-state index is 12.3. The third-order valence-corrected chi connectivity index (χ3v) is 3.70. The van der Waals surface area contributed by atoms with Crippen LogP contribution < -0.4 is 22.1 Å². The molecular weight excluding hydrogens is 314 g/mol. The summed E-state index contributed by atoms with van der Waals surface area (Å²) in [4.78, 5) is 16.9. The molecule has 0 fully saturated rings. The van der Waals surface area contributed by atoms with Crippen molar-refractivity contribution in [2.75, 3.05) is 23.8 Å². The summed E-state index contributed by atoms with van der Waals surface area (Å²) in [6.45, 7) is 0. The van der Waals surface area contributed by atoms with Crippen LogP contribution in [0.2, 0.25) is 0 Å². The van der Waals surface area contributed by atoms with E-state index in [0.717, 1.165) is 11.4 Å². The number of anilines is 3. The van der Waals surface area contributed by atoms with Gasteiger partial charge in [-0.1, -0.05) is 0 Å². The zero-order chi connectivity index (χ0) is 17.8. The molecule has 2 aromatic rings. The molecule has 0 saturated carbocycles. The largest absolute Gasteiger partial charge is 0.399 e. The second-order valence-electron chi connectivity index (χ2n) is 5.57. The summed E-state index contributed by atoms with van der Waals surface area (Å²) in [6, 6.07) is 14.4. The molecule has 0 unspecified atom stereocenters. The minimum absolute atomic E-state index is 0.127. The van der Waals surface area contributed by atoms with E-state index in [4.69, 9.17) is 11.5 Å². The average Bonchev–Trinajstić information content (AvgIpc) is 2.61. The highest BCUT2D eigenvalue weighted by atomic mass is 16.1. The molecule has 0 heterocycles. The summed E-state index contributed by atoms with van der Waals surface area (Å²) in [5.41, 5.74) is 16.0. The van der Waals surface area contributed by atoms with Crippen LogP contribution in [0.3, 0.4) is 0 Å². The molecule has 0 aliphatic heterocycles.